The molecule has 2 aromatic heterocycles. The van der Waals surface area contributed by atoms with Gasteiger partial charge in [-0.05, 0) is 125 Å². The fraction of sp³-hybridized carbons (Fsp3) is 0.333. The molecule has 3 unspecified atom stereocenters. The highest BCUT2D eigenvalue weighted by atomic mass is 79.9. The van der Waals surface area contributed by atoms with Crippen LogP contribution in [0.5, 0.6) is 0 Å². The Hall–Kier alpha value is -4.26. The molecule has 8 rings (SSSR count). The van der Waals surface area contributed by atoms with Crippen molar-refractivity contribution in [1.82, 2.24) is 10.3 Å². The Labute approximate surface area is 360 Å². The zero-order valence-corrected chi connectivity index (χ0v) is 36.6. The number of aromatic nitrogens is 1. The number of rotatable bonds is 10. The first kappa shape index (κ1) is 41.5. The maximum Gasteiger partial charge on any atom is 0.849 e. The molecule has 11 nitrogen and oxygen atoms in total. The number of aryl methyl sites for hydroxylation is 3. The summed E-state index contributed by atoms with van der Waals surface area (Å²) in [5.41, 5.74) is 1.08. The number of anilines is 1. The minimum Gasteiger partial charge on any atom is -0.424 e. The standard InChI is InChI=1S/C42H39BBr2F2N4O7S/c1-21-16-22(2)49-32(21)19-28-12-11-27(51(28,5)43(46)47)13-15-33(52)48-20-24-6-9-26(10-7-24)50-38(54)34-35-39(55)57-42(56)37-29(17-23(3)59-37)36(53)41(35,42)58-40(34,4)25-8-14-30(44)31(45)18-25/h6-12,14,16-19,27,34-35,49,56H,13,15,20H2,1-5H3,(H-,48,50,52,54)/p+1/b28-19-/t27?,34-,35+,40-,41-,42?,51?/m1/s1. The SMILES string of the molecule is Cc1cc(C)c(/C=C2/C=CC(CCC(=O)NCc3ccc(NC(=O)[C@H]4[C@H]5C(=O)OC6(O)c7sc(C)cc7C(=O)[C@]56O[C@]4(C)c4ccc(Br)c(Br)c4)cc3)[N+]2(C)B(F)F)[nH]1. The van der Waals surface area contributed by atoms with Crippen molar-refractivity contribution in [2.45, 2.75) is 70.1 Å². The number of nitrogens with zero attached hydrogens (tertiary/aromatic N) is 1. The van der Waals surface area contributed by atoms with Gasteiger partial charge in [-0.1, -0.05) is 18.2 Å². The van der Waals surface area contributed by atoms with Crippen LogP contribution in [0.2, 0.25) is 0 Å². The number of halogens is 4. The fourth-order valence-corrected chi connectivity index (χ4v) is 10.8. The number of aromatic amines is 1. The summed E-state index contributed by atoms with van der Waals surface area (Å²) in [6.45, 7) is 7.38. The number of esters is 1. The van der Waals surface area contributed by atoms with E-state index in [-0.39, 0.29) is 35.7 Å². The zero-order valence-electron chi connectivity index (χ0n) is 32.6. The van der Waals surface area contributed by atoms with Crippen LogP contribution in [0.4, 0.5) is 14.3 Å². The predicted molar refractivity (Wildman–Crippen MR) is 225 cm³/mol. The van der Waals surface area contributed by atoms with Crippen molar-refractivity contribution < 1.29 is 46.8 Å². The molecule has 1 aliphatic carbocycles. The molecule has 2 amide bonds. The Morgan fingerprint density at radius 1 is 1.07 bits per heavy atom. The van der Waals surface area contributed by atoms with Gasteiger partial charge < -0.3 is 30.2 Å². The Morgan fingerprint density at radius 3 is 2.46 bits per heavy atom. The number of hydrogen-bond donors (Lipinski definition) is 4. The second kappa shape index (κ2) is 14.7. The third kappa shape index (κ3) is 6.42. The third-order valence-electron chi connectivity index (χ3n) is 12.3. The van der Waals surface area contributed by atoms with Crippen molar-refractivity contribution in [3.05, 3.63) is 125 Å². The number of thiophene rings is 1. The second-order valence-electron chi connectivity index (χ2n) is 16.0. The number of benzene rings is 2. The first-order chi connectivity index (χ1) is 27.8. The topological polar surface area (TPSA) is 147 Å². The highest BCUT2D eigenvalue weighted by Gasteiger charge is 2.85. The molecule has 0 saturated carbocycles. The Balaban J connectivity index is 0.959. The molecule has 4 aliphatic rings. The van der Waals surface area contributed by atoms with E-state index in [0.717, 1.165) is 37.6 Å². The summed E-state index contributed by atoms with van der Waals surface area (Å²) in [5.74, 6) is -7.73. The molecule has 7 atom stereocenters. The number of ketones is 1. The van der Waals surface area contributed by atoms with E-state index in [1.807, 2.05) is 19.9 Å². The lowest BCUT2D eigenvalue weighted by Crippen LogP contribution is -2.54. The van der Waals surface area contributed by atoms with Gasteiger partial charge in [0.25, 0.3) is 5.79 Å². The van der Waals surface area contributed by atoms with Gasteiger partial charge in [0.15, 0.2) is 0 Å². The summed E-state index contributed by atoms with van der Waals surface area (Å²) in [7, 11) is -1.21. The number of carbonyl (C=O) groups excluding carboxylic acids is 4. The number of quaternary nitrogens is 1. The minimum absolute atomic E-state index is 0.0323. The number of hydrogen-bond acceptors (Lipinski definition) is 8. The van der Waals surface area contributed by atoms with Gasteiger partial charge in [0.2, 0.25) is 23.2 Å². The first-order valence-electron chi connectivity index (χ1n) is 19.0. The van der Waals surface area contributed by atoms with Crippen LogP contribution >= 0.6 is 43.2 Å². The van der Waals surface area contributed by atoms with Gasteiger partial charge in [0.1, 0.15) is 17.2 Å². The summed E-state index contributed by atoms with van der Waals surface area (Å²) >= 11 is 8.11. The van der Waals surface area contributed by atoms with Gasteiger partial charge in [-0.3, -0.25) is 23.6 Å². The summed E-state index contributed by atoms with van der Waals surface area (Å²) in [6, 6.07) is 14.9. The molecule has 2 aromatic carbocycles. The van der Waals surface area contributed by atoms with Crippen LogP contribution in [0, 0.1) is 32.6 Å². The fourth-order valence-electron chi connectivity index (χ4n) is 9.11. The largest absolute Gasteiger partial charge is 0.849 e. The van der Waals surface area contributed by atoms with E-state index in [1.54, 1.807) is 80.6 Å². The number of aliphatic hydroxyl groups is 1. The van der Waals surface area contributed by atoms with Crippen molar-refractivity contribution in [1.29, 1.82) is 0 Å². The average molecular weight is 953 g/mol. The van der Waals surface area contributed by atoms with Crippen LogP contribution in [0.1, 0.15) is 68.0 Å². The van der Waals surface area contributed by atoms with Crippen LogP contribution < -0.4 is 10.6 Å². The van der Waals surface area contributed by atoms with E-state index in [2.05, 4.69) is 47.5 Å². The first-order valence-corrected chi connectivity index (χ1v) is 21.4. The van der Waals surface area contributed by atoms with Crippen molar-refractivity contribution in [3.63, 3.8) is 0 Å². The van der Waals surface area contributed by atoms with Crippen LogP contribution in [0.15, 0.2) is 81.4 Å². The molecule has 0 radical (unpaired) electrons. The minimum atomic E-state index is -2.70. The van der Waals surface area contributed by atoms with Crippen molar-refractivity contribution in [2.75, 3.05) is 12.4 Å². The van der Waals surface area contributed by atoms with E-state index >= 15 is 0 Å². The lowest BCUT2D eigenvalue weighted by molar-refractivity contribution is -0.789. The van der Waals surface area contributed by atoms with E-state index in [9.17, 15) is 32.9 Å². The van der Waals surface area contributed by atoms with Crippen LogP contribution in [-0.4, -0.2) is 64.1 Å². The molecule has 59 heavy (non-hydrogen) atoms. The quantitative estimate of drug-likeness (QED) is 0.0941. The lowest BCUT2D eigenvalue weighted by Gasteiger charge is -2.36. The van der Waals surface area contributed by atoms with Gasteiger partial charge in [-0.25, -0.2) is 8.63 Å². The molecule has 17 heteroatoms. The molecule has 3 aliphatic heterocycles. The molecule has 0 bridgehead atoms. The molecule has 5 heterocycles. The van der Waals surface area contributed by atoms with Crippen molar-refractivity contribution in [3.8, 4) is 0 Å². The summed E-state index contributed by atoms with van der Waals surface area (Å²) in [4.78, 5) is 59.6. The number of amides is 2. The van der Waals surface area contributed by atoms with E-state index in [4.69, 9.17) is 9.47 Å². The smallest absolute Gasteiger partial charge is 0.424 e. The van der Waals surface area contributed by atoms with Gasteiger partial charge in [-0.2, -0.15) is 0 Å². The molecular formula is C42H40BBr2F2N4O7S+. The van der Waals surface area contributed by atoms with E-state index < -0.39 is 64.3 Å². The van der Waals surface area contributed by atoms with Crippen LogP contribution in [0.25, 0.3) is 6.08 Å². The third-order valence-corrected chi connectivity index (χ3v) is 15.3. The molecule has 4 aromatic rings. The molecule has 2 fully saturated rings. The van der Waals surface area contributed by atoms with Gasteiger partial charge in [0, 0.05) is 61.9 Å². The maximum atomic E-state index is 14.6. The van der Waals surface area contributed by atoms with Gasteiger partial charge in [-0.15, -0.1) is 11.3 Å². The van der Waals surface area contributed by atoms with Crippen molar-refractivity contribution in [2.24, 2.45) is 11.8 Å². The number of nitrogens with one attached hydrogen (secondary N) is 3. The predicted octanol–water partition coefficient (Wildman–Crippen LogP) is 7.73. The Kier molecular flexibility index (Phi) is 10.4. The van der Waals surface area contributed by atoms with E-state index in [1.165, 1.54) is 7.05 Å². The number of ether oxygens (including phenoxy) is 2. The Bertz CT molecular complexity index is 2510. The molecule has 306 valence electrons. The van der Waals surface area contributed by atoms with E-state index in [0.29, 0.717) is 27.0 Å². The maximum absolute atomic E-state index is 14.6. The summed E-state index contributed by atoms with van der Waals surface area (Å²) in [5, 5.41) is 17.8. The number of Topliss-reactive ketones (excluding diaryl/α,β-unsaturated/α-hetero) is 1. The molecule has 4 N–H and O–H groups in total. The summed E-state index contributed by atoms with van der Waals surface area (Å²) < 4.78 is 42.2. The number of H-pyrrole nitrogens is 1. The summed E-state index contributed by atoms with van der Waals surface area (Å²) in [6.07, 6.45) is 5.43. The molecule has 1 spiro atoms. The van der Waals surface area contributed by atoms with Gasteiger partial charge in [0.05, 0.1) is 23.9 Å². The second-order valence-corrected chi connectivity index (χ2v) is 19.0. The highest BCUT2D eigenvalue weighted by Crippen LogP contribution is 2.67. The highest BCUT2D eigenvalue weighted by molar-refractivity contribution is 9.13. The van der Waals surface area contributed by atoms with Crippen LogP contribution in [-0.2, 0) is 41.8 Å². The lowest BCUT2D eigenvalue weighted by atomic mass is 9.71. The average Bonchev–Trinajstić information content (AvgIpc) is 3.97. The Morgan fingerprint density at radius 2 is 1.80 bits per heavy atom. The molecular weight excluding hydrogens is 913 g/mol. The number of fused-ring (bicyclic) bond motifs is 2. The molecule has 2 saturated heterocycles. The monoisotopic (exact) mass is 951 g/mol. The van der Waals surface area contributed by atoms with Gasteiger partial charge >= 0.3 is 13.4 Å². The van der Waals surface area contributed by atoms with Crippen molar-refractivity contribution >= 4 is 85.9 Å². The number of likely N-dealkylation sites (N-methyl/N-ethyl adjacent to an activating group) is 1. The normalized spacial score (nSPS) is 29.7. The number of carbonyl (C=O) groups is 4. The number of allylic oxidation sites excluding steroid dienone is 1. The van der Waals surface area contributed by atoms with Crippen LogP contribution in [0.3, 0.4) is 0 Å². The zero-order chi connectivity index (χ0) is 42.4.